The van der Waals surface area contributed by atoms with Gasteiger partial charge >= 0.3 is 11.9 Å². The highest BCUT2D eigenvalue weighted by Crippen LogP contribution is 2.13. The second kappa shape index (κ2) is 37.4. The molecule has 0 amide bonds. The molecular formula is C36H68O4. The Balaban J connectivity index is 0. The third-order valence-electron chi connectivity index (χ3n) is 7.39. The number of hydrogen-bond donors (Lipinski definition) is 2. The molecule has 0 aliphatic heterocycles. The van der Waals surface area contributed by atoms with E-state index in [4.69, 9.17) is 10.2 Å². The van der Waals surface area contributed by atoms with E-state index in [9.17, 15) is 9.59 Å². The Labute approximate surface area is 249 Å². The predicted molar refractivity (Wildman–Crippen MR) is 174 cm³/mol. The van der Waals surface area contributed by atoms with Gasteiger partial charge in [-0.15, -0.1) is 0 Å². The number of carboxylic acid groups (broad SMARTS) is 2. The maximum absolute atomic E-state index is 10.3. The van der Waals surface area contributed by atoms with Crippen LogP contribution in [0, 0.1) is 0 Å². The van der Waals surface area contributed by atoms with Gasteiger partial charge in [-0.05, 0) is 44.9 Å². The molecule has 0 unspecified atom stereocenters. The van der Waals surface area contributed by atoms with Gasteiger partial charge in [0, 0.05) is 12.5 Å². The summed E-state index contributed by atoms with van der Waals surface area (Å²) in [5, 5.41) is 16.9. The van der Waals surface area contributed by atoms with Gasteiger partial charge in [0.25, 0.3) is 0 Å². The van der Waals surface area contributed by atoms with E-state index in [0.717, 1.165) is 25.7 Å². The highest BCUT2D eigenvalue weighted by molar-refractivity contribution is 5.79. The number of allylic oxidation sites excluding steroid dienone is 3. The van der Waals surface area contributed by atoms with E-state index in [-0.39, 0.29) is 0 Å². The minimum Gasteiger partial charge on any atom is -0.481 e. The van der Waals surface area contributed by atoms with Gasteiger partial charge in [-0.2, -0.15) is 0 Å². The molecule has 0 aliphatic rings. The van der Waals surface area contributed by atoms with Crippen molar-refractivity contribution < 1.29 is 19.8 Å². The molecule has 0 heterocycles. The molecule has 2 N–H and O–H groups in total. The molecule has 0 aromatic carbocycles. The molecular weight excluding hydrogens is 496 g/mol. The predicted octanol–water partition coefficient (Wildman–Crippen LogP) is 12.2. The van der Waals surface area contributed by atoms with Crippen LogP contribution in [0.2, 0.25) is 0 Å². The van der Waals surface area contributed by atoms with Crippen LogP contribution in [0.3, 0.4) is 0 Å². The number of rotatable bonds is 30. The van der Waals surface area contributed by atoms with Gasteiger partial charge in [-0.3, -0.25) is 4.79 Å². The van der Waals surface area contributed by atoms with Crippen LogP contribution in [-0.4, -0.2) is 22.2 Å². The third kappa shape index (κ3) is 43.5. The van der Waals surface area contributed by atoms with Gasteiger partial charge in [0.1, 0.15) is 0 Å². The molecule has 0 rings (SSSR count). The Morgan fingerprint density at radius 3 is 1.05 bits per heavy atom. The van der Waals surface area contributed by atoms with Crippen LogP contribution in [0.15, 0.2) is 24.3 Å². The van der Waals surface area contributed by atoms with Gasteiger partial charge in [-0.25, -0.2) is 4.79 Å². The van der Waals surface area contributed by atoms with Gasteiger partial charge in [0.15, 0.2) is 0 Å². The molecule has 0 bridgehead atoms. The van der Waals surface area contributed by atoms with Crippen molar-refractivity contribution in [2.24, 2.45) is 0 Å². The molecule has 0 spiro atoms. The number of carboxylic acids is 2. The summed E-state index contributed by atoms with van der Waals surface area (Å²) in [5.74, 6) is -1.50. The molecule has 0 fully saturated rings. The van der Waals surface area contributed by atoms with E-state index >= 15 is 0 Å². The zero-order chi connectivity index (χ0) is 29.8. The van der Waals surface area contributed by atoms with Crippen molar-refractivity contribution in [2.75, 3.05) is 0 Å². The van der Waals surface area contributed by atoms with E-state index < -0.39 is 11.9 Å². The minimum atomic E-state index is -0.834. The summed E-state index contributed by atoms with van der Waals surface area (Å²) in [6, 6.07) is 0. The van der Waals surface area contributed by atoms with Crippen LogP contribution in [0.1, 0.15) is 194 Å². The van der Waals surface area contributed by atoms with E-state index in [1.54, 1.807) is 6.08 Å². The van der Waals surface area contributed by atoms with Crippen LogP contribution >= 0.6 is 0 Å². The number of unbranched alkanes of at least 4 members (excludes halogenated alkanes) is 24. The highest BCUT2D eigenvalue weighted by Gasteiger charge is 1.96. The number of aliphatic carboxylic acids is 2. The summed E-state index contributed by atoms with van der Waals surface area (Å²) in [7, 11) is 0. The summed E-state index contributed by atoms with van der Waals surface area (Å²) < 4.78 is 0. The first-order valence-electron chi connectivity index (χ1n) is 17.3. The largest absolute Gasteiger partial charge is 0.481 e. The molecule has 0 saturated heterocycles. The lowest BCUT2D eigenvalue weighted by molar-refractivity contribution is -0.137. The second-order valence-electron chi connectivity index (χ2n) is 11.5. The number of hydrogen-bond acceptors (Lipinski definition) is 2. The van der Waals surface area contributed by atoms with Gasteiger partial charge in [-0.1, -0.05) is 160 Å². The fraction of sp³-hybridized carbons (Fsp3) is 0.833. The highest BCUT2D eigenvalue weighted by atomic mass is 16.4. The molecule has 0 radical (unpaired) electrons. The fourth-order valence-electron chi connectivity index (χ4n) is 4.81. The van der Waals surface area contributed by atoms with Crippen molar-refractivity contribution >= 4 is 11.9 Å². The first-order valence-corrected chi connectivity index (χ1v) is 17.3. The Morgan fingerprint density at radius 2 is 0.725 bits per heavy atom. The van der Waals surface area contributed by atoms with E-state index in [2.05, 4.69) is 26.0 Å². The minimum absolute atomic E-state index is 0.332. The Morgan fingerprint density at radius 1 is 0.425 bits per heavy atom. The van der Waals surface area contributed by atoms with Crippen LogP contribution in [0.4, 0.5) is 0 Å². The van der Waals surface area contributed by atoms with Crippen LogP contribution < -0.4 is 0 Å². The van der Waals surface area contributed by atoms with Gasteiger partial charge in [0.2, 0.25) is 0 Å². The van der Waals surface area contributed by atoms with Crippen molar-refractivity contribution in [3.05, 3.63) is 24.3 Å². The van der Waals surface area contributed by atoms with Crippen molar-refractivity contribution in [2.45, 2.75) is 194 Å². The van der Waals surface area contributed by atoms with Gasteiger partial charge < -0.3 is 10.2 Å². The Hall–Kier alpha value is -1.58. The lowest BCUT2D eigenvalue weighted by Gasteiger charge is -2.02. The average Bonchev–Trinajstić information content (AvgIpc) is 2.93. The van der Waals surface area contributed by atoms with E-state index in [0.29, 0.717) is 6.42 Å². The molecule has 236 valence electrons. The van der Waals surface area contributed by atoms with Crippen LogP contribution in [0.25, 0.3) is 0 Å². The smallest absolute Gasteiger partial charge is 0.327 e. The quantitative estimate of drug-likeness (QED) is 0.0517. The summed E-state index contributed by atoms with van der Waals surface area (Å²) >= 11 is 0. The lowest BCUT2D eigenvalue weighted by Crippen LogP contribution is -1.93. The molecule has 0 aromatic heterocycles. The molecule has 4 nitrogen and oxygen atoms in total. The van der Waals surface area contributed by atoms with Crippen molar-refractivity contribution in [1.29, 1.82) is 0 Å². The van der Waals surface area contributed by atoms with E-state index in [1.807, 2.05) is 0 Å². The molecule has 0 saturated carbocycles. The topological polar surface area (TPSA) is 74.6 Å². The summed E-state index contributed by atoms with van der Waals surface area (Å²) in [4.78, 5) is 20.6. The fourth-order valence-corrected chi connectivity index (χ4v) is 4.81. The summed E-state index contributed by atoms with van der Waals surface area (Å²) in [5.41, 5.74) is 0. The molecule has 0 aromatic rings. The molecule has 0 aliphatic carbocycles. The number of carbonyl (C=O) groups is 2. The first kappa shape index (κ1) is 40.6. The zero-order valence-electron chi connectivity index (χ0n) is 26.8. The normalized spacial score (nSPS) is 11.2. The standard InChI is InChI=1S/2C18H34O2/c2*1-2-3-4-5-6-7-8-9-10-11-12-13-14-15-16-17-18(19)20/h16-17H,2-15H2,1H3,(H,19,20);9-10H,2-8,11-17H2,1H3,(H,19,20)/b17-16-;10-9+. The Bertz CT molecular complexity index is 567. The van der Waals surface area contributed by atoms with Crippen molar-refractivity contribution in [3.8, 4) is 0 Å². The molecule has 4 heteroatoms. The van der Waals surface area contributed by atoms with E-state index in [1.165, 1.54) is 154 Å². The Kier molecular flexibility index (Phi) is 37.9. The maximum Gasteiger partial charge on any atom is 0.327 e. The first-order chi connectivity index (χ1) is 19.5. The van der Waals surface area contributed by atoms with Crippen molar-refractivity contribution in [3.63, 3.8) is 0 Å². The SMILES string of the molecule is CCCCCCCC/C=C/CCCCCCCC(=O)O.CCCCCCCCCCCCCCC/C=C\C(=O)O. The van der Waals surface area contributed by atoms with Gasteiger partial charge in [0.05, 0.1) is 0 Å². The summed E-state index contributed by atoms with van der Waals surface area (Å²) in [6.45, 7) is 4.53. The van der Waals surface area contributed by atoms with Crippen LogP contribution in [-0.2, 0) is 9.59 Å². The van der Waals surface area contributed by atoms with Crippen molar-refractivity contribution in [1.82, 2.24) is 0 Å². The second-order valence-corrected chi connectivity index (χ2v) is 11.5. The third-order valence-corrected chi connectivity index (χ3v) is 7.39. The maximum atomic E-state index is 10.3. The van der Waals surface area contributed by atoms with Crippen LogP contribution in [0.5, 0.6) is 0 Å². The molecule has 40 heavy (non-hydrogen) atoms. The molecule has 0 atom stereocenters. The monoisotopic (exact) mass is 565 g/mol. The average molecular weight is 565 g/mol. The lowest BCUT2D eigenvalue weighted by atomic mass is 10.0. The summed E-state index contributed by atoms with van der Waals surface area (Å²) in [6.07, 6.45) is 42.8. The zero-order valence-corrected chi connectivity index (χ0v) is 26.8.